The molecule has 3 rings (SSSR count). The van der Waals surface area contributed by atoms with Gasteiger partial charge in [0.05, 0.1) is 0 Å². The monoisotopic (exact) mass is 360 g/mol. The summed E-state index contributed by atoms with van der Waals surface area (Å²) in [5.41, 5.74) is 5.22. The number of halogens is 2. The molecule has 0 N–H and O–H groups in total. The van der Waals surface area contributed by atoms with Gasteiger partial charge in [-0.05, 0) is 65.8 Å². The summed E-state index contributed by atoms with van der Waals surface area (Å²) in [5, 5.41) is 0. The minimum absolute atomic E-state index is 0.337. The Labute approximate surface area is 146 Å². The van der Waals surface area contributed by atoms with Crippen LogP contribution in [0.2, 0.25) is 0 Å². The van der Waals surface area contributed by atoms with Crippen molar-refractivity contribution in [3.05, 3.63) is 76.4 Å². The van der Waals surface area contributed by atoms with Crippen molar-refractivity contribution in [2.45, 2.75) is 25.2 Å². The third-order valence-corrected chi connectivity index (χ3v) is 5.56. The average molecular weight is 360 g/mol. The van der Waals surface area contributed by atoms with Crippen LogP contribution in [0.25, 0.3) is 11.1 Å². The molecule has 0 bridgehead atoms. The van der Waals surface area contributed by atoms with Gasteiger partial charge in [-0.25, -0.2) is 17.2 Å². The van der Waals surface area contributed by atoms with E-state index in [2.05, 4.69) is 0 Å². The summed E-state index contributed by atoms with van der Waals surface area (Å²) in [4.78, 5) is -0.883. The molecule has 0 amide bonds. The third kappa shape index (κ3) is 3.29. The summed E-state index contributed by atoms with van der Waals surface area (Å²) in [6.45, 7) is 4.03. The predicted octanol–water partition coefficient (Wildman–Crippen LogP) is 4.86. The highest BCUT2D eigenvalue weighted by atomic mass is 32.2. The first-order valence-corrected chi connectivity index (χ1v) is 9.75. The van der Waals surface area contributed by atoms with Crippen molar-refractivity contribution < 1.29 is 17.2 Å². The number of benzene rings is 2. The molecule has 5 heteroatoms. The van der Waals surface area contributed by atoms with Crippen LogP contribution in [0.5, 0.6) is 0 Å². The summed E-state index contributed by atoms with van der Waals surface area (Å²) < 4.78 is 51.6. The van der Waals surface area contributed by atoms with Gasteiger partial charge in [0.25, 0.3) is 0 Å². The van der Waals surface area contributed by atoms with E-state index >= 15 is 0 Å². The molecule has 130 valence electrons. The molecule has 0 radical (unpaired) electrons. The Balaban J connectivity index is 2.08. The second-order valence-electron chi connectivity index (χ2n) is 6.31. The van der Waals surface area contributed by atoms with E-state index in [1.165, 1.54) is 5.56 Å². The van der Waals surface area contributed by atoms with E-state index in [0.717, 1.165) is 35.1 Å². The van der Waals surface area contributed by atoms with Crippen molar-refractivity contribution in [1.29, 1.82) is 0 Å². The SMILES string of the molecule is Cc1ccc(C2=CCC=C2c2cc(F)c(S(C)(=O)=O)c(F)c2)cc1C. The lowest BCUT2D eigenvalue weighted by Crippen LogP contribution is -2.05. The smallest absolute Gasteiger partial charge is 0.181 e. The molecule has 2 aromatic rings. The molecular weight excluding hydrogens is 342 g/mol. The molecule has 0 atom stereocenters. The first-order chi connectivity index (χ1) is 11.7. The molecule has 2 aromatic carbocycles. The molecule has 0 saturated carbocycles. The summed E-state index contributed by atoms with van der Waals surface area (Å²) in [6.07, 6.45) is 5.34. The highest BCUT2D eigenvalue weighted by molar-refractivity contribution is 7.90. The number of hydrogen-bond acceptors (Lipinski definition) is 2. The molecule has 0 saturated heterocycles. The van der Waals surface area contributed by atoms with Crippen LogP contribution >= 0.6 is 0 Å². The van der Waals surface area contributed by atoms with Crippen molar-refractivity contribution in [1.82, 2.24) is 0 Å². The molecule has 0 aliphatic heterocycles. The lowest BCUT2D eigenvalue weighted by molar-refractivity contribution is 0.521. The maximum atomic E-state index is 14.2. The molecule has 2 nitrogen and oxygen atoms in total. The van der Waals surface area contributed by atoms with Crippen LogP contribution in [0.3, 0.4) is 0 Å². The molecule has 0 fully saturated rings. The molecule has 0 aromatic heterocycles. The summed E-state index contributed by atoms with van der Waals surface area (Å²) in [7, 11) is -3.96. The molecule has 25 heavy (non-hydrogen) atoms. The number of hydrogen-bond donors (Lipinski definition) is 0. The standard InChI is InChI=1S/C20H18F2O2S/c1-12-7-8-14(9-13(12)2)16-5-4-6-17(16)15-10-18(21)20(19(22)11-15)25(3,23)24/h5-11H,4H2,1-3H3. The van der Waals surface area contributed by atoms with Gasteiger partial charge in [-0.1, -0.05) is 30.4 Å². The Hall–Kier alpha value is -2.27. The van der Waals surface area contributed by atoms with Crippen molar-refractivity contribution in [3.63, 3.8) is 0 Å². The van der Waals surface area contributed by atoms with Crippen LogP contribution in [0.1, 0.15) is 28.7 Å². The van der Waals surface area contributed by atoms with E-state index in [-0.39, 0.29) is 0 Å². The molecular formula is C20H18F2O2S. The molecule has 0 heterocycles. The van der Waals surface area contributed by atoms with E-state index in [1.807, 2.05) is 44.2 Å². The molecule has 0 unspecified atom stereocenters. The van der Waals surface area contributed by atoms with E-state index in [4.69, 9.17) is 0 Å². The number of sulfone groups is 1. The van der Waals surface area contributed by atoms with Crippen molar-refractivity contribution in [3.8, 4) is 0 Å². The maximum absolute atomic E-state index is 14.2. The van der Waals surface area contributed by atoms with Crippen LogP contribution in [0.15, 0.2) is 47.4 Å². The Bertz CT molecular complexity index is 1010. The van der Waals surface area contributed by atoms with Crippen molar-refractivity contribution >= 4 is 21.0 Å². The van der Waals surface area contributed by atoms with Gasteiger partial charge < -0.3 is 0 Å². The summed E-state index contributed by atoms with van der Waals surface area (Å²) in [5.74, 6) is -2.13. The van der Waals surface area contributed by atoms with E-state index < -0.39 is 26.4 Å². The number of allylic oxidation sites excluding steroid dienone is 4. The normalized spacial score (nSPS) is 14.4. The van der Waals surface area contributed by atoms with Crippen LogP contribution in [0.4, 0.5) is 8.78 Å². The zero-order valence-electron chi connectivity index (χ0n) is 14.2. The molecule has 1 aliphatic rings. The number of aryl methyl sites for hydroxylation is 2. The topological polar surface area (TPSA) is 34.1 Å². The predicted molar refractivity (Wildman–Crippen MR) is 96.0 cm³/mol. The Kier molecular flexibility index (Phi) is 4.37. The van der Waals surface area contributed by atoms with Gasteiger partial charge in [0.2, 0.25) is 0 Å². The fourth-order valence-electron chi connectivity index (χ4n) is 3.04. The number of rotatable bonds is 3. The zero-order valence-corrected chi connectivity index (χ0v) is 15.0. The second-order valence-corrected chi connectivity index (χ2v) is 8.26. The fourth-order valence-corrected chi connectivity index (χ4v) is 3.87. The lowest BCUT2D eigenvalue weighted by atomic mass is 9.93. The van der Waals surface area contributed by atoms with Crippen LogP contribution in [-0.2, 0) is 9.84 Å². The third-order valence-electron chi connectivity index (χ3n) is 4.43. The Morgan fingerprint density at radius 3 is 1.92 bits per heavy atom. The largest absolute Gasteiger partial charge is 0.224 e. The highest BCUT2D eigenvalue weighted by Gasteiger charge is 2.23. The van der Waals surface area contributed by atoms with E-state index in [9.17, 15) is 17.2 Å². The Morgan fingerprint density at radius 2 is 1.40 bits per heavy atom. The van der Waals surface area contributed by atoms with Gasteiger partial charge in [0.15, 0.2) is 9.84 Å². The first kappa shape index (κ1) is 17.5. The van der Waals surface area contributed by atoms with Crippen molar-refractivity contribution in [2.75, 3.05) is 6.26 Å². The molecule has 0 spiro atoms. The average Bonchev–Trinajstić information content (AvgIpc) is 2.97. The van der Waals surface area contributed by atoms with Gasteiger partial charge in [-0.15, -0.1) is 0 Å². The maximum Gasteiger partial charge on any atom is 0.181 e. The lowest BCUT2D eigenvalue weighted by Gasteiger charge is -2.13. The molecule has 1 aliphatic carbocycles. The van der Waals surface area contributed by atoms with Gasteiger partial charge in [-0.2, -0.15) is 0 Å². The first-order valence-electron chi connectivity index (χ1n) is 7.86. The minimum atomic E-state index is -3.96. The van der Waals surface area contributed by atoms with Crippen LogP contribution in [0, 0.1) is 25.5 Å². The van der Waals surface area contributed by atoms with Gasteiger partial charge in [-0.3, -0.25) is 0 Å². The van der Waals surface area contributed by atoms with E-state index in [0.29, 0.717) is 17.6 Å². The van der Waals surface area contributed by atoms with Crippen LogP contribution in [-0.4, -0.2) is 14.7 Å². The van der Waals surface area contributed by atoms with Crippen molar-refractivity contribution in [2.24, 2.45) is 0 Å². The summed E-state index contributed by atoms with van der Waals surface area (Å²) in [6, 6.07) is 8.20. The van der Waals surface area contributed by atoms with Gasteiger partial charge in [0.1, 0.15) is 16.5 Å². The summed E-state index contributed by atoms with van der Waals surface area (Å²) >= 11 is 0. The van der Waals surface area contributed by atoms with Gasteiger partial charge in [0, 0.05) is 6.26 Å². The highest BCUT2D eigenvalue weighted by Crippen LogP contribution is 2.38. The zero-order chi connectivity index (χ0) is 18.4. The van der Waals surface area contributed by atoms with E-state index in [1.54, 1.807) is 0 Å². The second kappa shape index (κ2) is 6.23. The minimum Gasteiger partial charge on any atom is -0.224 e. The Morgan fingerprint density at radius 1 is 0.840 bits per heavy atom. The van der Waals surface area contributed by atoms with Crippen LogP contribution < -0.4 is 0 Å². The fraction of sp³-hybridized carbons (Fsp3) is 0.200. The van der Waals surface area contributed by atoms with Gasteiger partial charge >= 0.3 is 0 Å². The quantitative estimate of drug-likeness (QED) is 0.784.